The SMILES string of the molecule is C=Cc1cc(CCC(=O)O)c2c(c1)CC(NS(=O)(=O)c1ccc(Cl)cc1)CC2. The highest BCUT2D eigenvalue weighted by Crippen LogP contribution is 2.29. The summed E-state index contributed by atoms with van der Waals surface area (Å²) in [6, 6.07) is 9.85. The molecule has 0 aromatic heterocycles. The highest BCUT2D eigenvalue weighted by Gasteiger charge is 2.26. The van der Waals surface area contributed by atoms with Gasteiger partial charge in [0.1, 0.15) is 0 Å². The van der Waals surface area contributed by atoms with Gasteiger partial charge >= 0.3 is 5.97 Å². The van der Waals surface area contributed by atoms with Gasteiger partial charge in [-0.25, -0.2) is 13.1 Å². The van der Waals surface area contributed by atoms with Crippen LogP contribution < -0.4 is 4.72 Å². The molecule has 0 aliphatic heterocycles. The minimum absolute atomic E-state index is 0.0691. The van der Waals surface area contributed by atoms with E-state index in [-0.39, 0.29) is 17.4 Å². The third-order valence-electron chi connectivity index (χ3n) is 4.96. The first kappa shape index (κ1) is 20.6. The number of aryl methyl sites for hydroxylation is 1. The molecule has 7 heteroatoms. The van der Waals surface area contributed by atoms with Gasteiger partial charge in [0.05, 0.1) is 4.90 Å². The summed E-state index contributed by atoms with van der Waals surface area (Å²) in [6.45, 7) is 3.80. The number of aliphatic carboxylic acids is 1. The Morgan fingerprint density at radius 1 is 1.29 bits per heavy atom. The molecule has 5 nitrogen and oxygen atoms in total. The van der Waals surface area contributed by atoms with Crippen molar-refractivity contribution in [3.8, 4) is 0 Å². The van der Waals surface area contributed by atoms with Crippen molar-refractivity contribution in [2.24, 2.45) is 0 Å². The fraction of sp³-hybridized carbons (Fsp3) is 0.286. The average Bonchev–Trinajstić information content (AvgIpc) is 2.65. The van der Waals surface area contributed by atoms with Crippen molar-refractivity contribution in [1.82, 2.24) is 4.72 Å². The maximum Gasteiger partial charge on any atom is 0.303 e. The van der Waals surface area contributed by atoms with E-state index in [2.05, 4.69) is 11.3 Å². The molecule has 0 radical (unpaired) electrons. The van der Waals surface area contributed by atoms with Gasteiger partial charge in [-0.05, 0) is 72.2 Å². The van der Waals surface area contributed by atoms with Crippen molar-refractivity contribution in [3.05, 3.63) is 70.3 Å². The fourth-order valence-electron chi connectivity index (χ4n) is 3.60. The third-order valence-corrected chi connectivity index (χ3v) is 6.74. The van der Waals surface area contributed by atoms with Crippen LogP contribution in [0.25, 0.3) is 6.08 Å². The minimum atomic E-state index is -3.63. The summed E-state index contributed by atoms with van der Waals surface area (Å²) >= 11 is 5.84. The number of benzene rings is 2. The summed E-state index contributed by atoms with van der Waals surface area (Å²) in [5, 5.41) is 9.48. The van der Waals surface area contributed by atoms with Crippen molar-refractivity contribution >= 4 is 33.7 Å². The van der Waals surface area contributed by atoms with Crippen molar-refractivity contribution in [1.29, 1.82) is 0 Å². The number of sulfonamides is 1. The van der Waals surface area contributed by atoms with Crippen molar-refractivity contribution < 1.29 is 18.3 Å². The minimum Gasteiger partial charge on any atom is -0.481 e. The predicted octanol–water partition coefficient (Wildman–Crippen LogP) is 3.84. The van der Waals surface area contributed by atoms with Gasteiger partial charge in [0, 0.05) is 17.5 Å². The Morgan fingerprint density at radius 2 is 2.00 bits per heavy atom. The van der Waals surface area contributed by atoms with Crippen molar-refractivity contribution in [2.75, 3.05) is 0 Å². The molecule has 148 valence electrons. The Balaban J connectivity index is 1.81. The second-order valence-electron chi connectivity index (χ2n) is 6.93. The molecule has 1 aliphatic carbocycles. The lowest BCUT2D eigenvalue weighted by molar-refractivity contribution is -0.136. The Bertz CT molecular complexity index is 1000. The van der Waals surface area contributed by atoms with E-state index in [4.69, 9.17) is 16.7 Å². The molecule has 2 aromatic carbocycles. The second-order valence-corrected chi connectivity index (χ2v) is 9.08. The maximum absolute atomic E-state index is 12.7. The van der Waals surface area contributed by atoms with Gasteiger partial charge in [-0.2, -0.15) is 0 Å². The normalized spacial score (nSPS) is 16.4. The van der Waals surface area contributed by atoms with Gasteiger partial charge in [-0.15, -0.1) is 0 Å². The number of halogens is 1. The standard InChI is InChI=1S/C21H22ClNO4S/c1-2-14-11-15(3-10-21(24)25)20-9-6-18(13-16(20)12-14)23-28(26,27)19-7-4-17(22)5-8-19/h2,4-5,7-8,11-12,18,23H,1,3,6,9-10,13H2,(H,24,25). The average molecular weight is 420 g/mol. The number of carboxylic acid groups (broad SMARTS) is 1. The van der Waals surface area contributed by atoms with Crippen LogP contribution in [0.2, 0.25) is 5.02 Å². The van der Waals surface area contributed by atoms with Crippen LogP contribution in [0, 0.1) is 0 Å². The van der Waals surface area contributed by atoms with E-state index in [0.29, 0.717) is 30.7 Å². The molecule has 1 unspecified atom stereocenters. The quantitative estimate of drug-likeness (QED) is 0.714. The van der Waals surface area contributed by atoms with Crippen LogP contribution >= 0.6 is 11.6 Å². The molecule has 0 amide bonds. The van der Waals surface area contributed by atoms with E-state index in [1.165, 1.54) is 12.1 Å². The topological polar surface area (TPSA) is 83.5 Å². The maximum atomic E-state index is 12.7. The molecule has 28 heavy (non-hydrogen) atoms. The van der Waals surface area contributed by atoms with Crippen LogP contribution in [0.15, 0.2) is 47.9 Å². The molecule has 1 atom stereocenters. The Morgan fingerprint density at radius 3 is 2.64 bits per heavy atom. The Kier molecular flexibility index (Phi) is 6.23. The second kappa shape index (κ2) is 8.47. The van der Waals surface area contributed by atoms with E-state index in [9.17, 15) is 13.2 Å². The summed E-state index contributed by atoms with van der Waals surface area (Å²) in [7, 11) is -3.63. The van der Waals surface area contributed by atoms with Crippen LogP contribution in [0.1, 0.15) is 35.1 Å². The molecule has 0 spiro atoms. The number of rotatable bonds is 7. The molecular weight excluding hydrogens is 398 g/mol. The number of hydrogen-bond donors (Lipinski definition) is 2. The lowest BCUT2D eigenvalue weighted by Crippen LogP contribution is -2.39. The largest absolute Gasteiger partial charge is 0.481 e. The third kappa shape index (κ3) is 4.82. The number of carboxylic acids is 1. The lowest BCUT2D eigenvalue weighted by Gasteiger charge is -2.27. The van der Waals surface area contributed by atoms with Crippen LogP contribution in [-0.2, 0) is 34.1 Å². The zero-order valence-electron chi connectivity index (χ0n) is 15.3. The van der Waals surface area contributed by atoms with E-state index in [1.807, 2.05) is 12.1 Å². The first-order chi connectivity index (χ1) is 13.3. The van der Waals surface area contributed by atoms with Crippen molar-refractivity contribution in [2.45, 2.75) is 43.0 Å². The highest BCUT2D eigenvalue weighted by atomic mass is 35.5. The van der Waals surface area contributed by atoms with E-state index in [1.54, 1.807) is 18.2 Å². The molecule has 0 heterocycles. The summed E-state index contributed by atoms with van der Waals surface area (Å²) < 4.78 is 28.1. The Hall–Kier alpha value is -2.15. The van der Waals surface area contributed by atoms with Gasteiger partial charge < -0.3 is 5.11 Å². The first-order valence-corrected chi connectivity index (χ1v) is 10.9. The van der Waals surface area contributed by atoms with Crippen LogP contribution in [0.3, 0.4) is 0 Å². The lowest BCUT2D eigenvalue weighted by atomic mass is 9.83. The molecule has 2 N–H and O–H groups in total. The number of hydrogen-bond acceptors (Lipinski definition) is 3. The fourth-order valence-corrected chi connectivity index (χ4v) is 4.99. The monoisotopic (exact) mass is 419 g/mol. The molecule has 0 saturated carbocycles. The molecule has 2 aromatic rings. The molecular formula is C21H22ClNO4S. The zero-order valence-corrected chi connectivity index (χ0v) is 16.9. The van der Waals surface area contributed by atoms with Gasteiger partial charge in [0.25, 0.3) is 0 Å². The smallest absolute Gasteiger partial charge is 0.303 e. The number of carbonyl (C=O) groups is 1. The molecule has 0 saturated heterocycles. The number of nitrogens with one attached hydrogen (secondary N) is 1. The zero-order chi connectivity index (χ0) is 20.3. The number of fused-ring (bicyclic) bond motifs is 1. The molecule has 1 aliphatic rings. The van der Waals surface area contributed by atoms with Crippen molar-refractivity contribution in [3.63, 3.8) is 0 Å². The molecule has 0 bridgehead atoms. The molecule has 0 fully saturated rings. The van der Waals surface area contributed by atoms with Crippen LogP contribution in [0.5, 0.6) is 0 Å². The van der Waals surface area contributed by atoms with Gasteiger partial charge in [-0.1, -0.05) is 36.4 Å². The van der Waals surface area contributed by atoms with E-state index in [0.717, 1.165) is 22.3 Å². The van der Waals surface area contributed by atoms with Crippen LogP contribution in [-0.4, -0.2) is 25.5 Å². The van der Waals surface area contributed by atoms with Gasteiger partial charge in [0.2, 0.25) is 10.0 Å². The highest BCUT2D eigenvalue weighted by molar-refractivity contribution is 7.89. The van der Waals surface area contributed by atoms with E-state index < -0.39 is 16.0 Å². The molecule has 3 rings (SSSR count). The van der Waals surface area contributed by atoms with Gasteiger partial charge in [-0.3, -0.25) is 4.79 Å². The van der Waals surface area contributed by atoms with Crippen LogP contribution in [0.4, 0.5) is 0 Å². The summed E-state index contributed by atoms with van der Waals surface area (Å²) in [6.07, 6.45) is 4.18. The Labute approximate surface area is 170 Å². The summed E-state index contributed by atoms with van der Waals surface area (Å²) in [5.41, 5.74) is 4.11. The van der Waals surface area contributed by atoms with E-state index >= 15 is 0 Å². The van der Waals surface area contributed by atoms with Gasteiger partial charge in [0.15, 0.2) is 0 Å². The predicted molar refractivity (Wildman–Crippen MR) is 110 cm³/mol. The summed E-state index contributed by atoms with van der Waals surface area (Å²) in [5.74, 6) is -0.831. The first-order valence-electron chi connectivity index (χ1n) is 9.05. The summed E-state index contributed by atoms with van der Waals surface area (Å²) in [4.78, 5) is 11.1.